The third kappa shape index (κ3) is 3.28. The first-order valence-electron chi connectivity index (χ1n) is 7.51. The summed E-state index contributed by atoms with van der Waals surface area (Å²) in [4.78, 5) is 1.46. The zero-order valence-electron chi connectivity index (χ0n) is 13.8. The molecule has 3 aromatic rings. The molecule has 0 aliphatic heterocycles. The first-order valence-corrected chi connectivity index (χ1v) is 9.87. The number of rotatable bonds is 5. The molecule has 1 N–H and O–H groups in total. The second-order valence-electron chi connectivity index (χ2n) is 5.62. The van der Waals surface area contributed by atoms with Gasteiger partial charge in [-0.2, -0.15) is 5.10 Å². The maximum absolute atomic E-state index is 12.6. The van der Waals surface area contributed by atoms with E-state index in [4.69, 9.17) is 0 Å². The number of nitrogens with zero attached hydrogens (tertiary/aromatic N) is 2. The van der Waals surface area contributed by atoms with E-state index < -0.39 is 10.0 Å². The molecule has 2 aromatic heterocycles. The lowest BCUT2D eigenvalue weighted by molar-refractivity contribution is 0.579. The highest BCUT2D eigenvalue weighted by Crippen LogP contribution is 2.25. The molecule has 24 heavy (non-hydrogen) atoms. The third-order valence-corrected chi connectivity index (χ3v) is 6.51. The smallest absolute Gasteiger partial charge is 0.244 e. The van der Waals surface area contributed by atoms with Crippen molar-refractivity contribution in [3.63, 3.8) is 0 Å². The van der Waals surface area contributed by atoms with Crippen LogP contribution in [0.4, 0.5) is 0 Å². The van der Waals surface area contributed by atoms with Crippen LogP contribution in [0.2, 0.25) is 0 Å². The third-order valence-electron chi connectivity index (χ3n) is 3.94. The number of thiophene rings is 1. The Hall–Kier alpha value is -1.96. The highest BCUT2D eigenvalue weighted by Gasteiger charge is 2.23. The van der Waals surface area contributed by atoms with Crippen LogP contribution in [0.15, 0.2) is 46.7 Å². The molecule has 1 aromatic carbocycles. The van der Waals surface area contributed by atoms with E-state index in [-0.39, 0.29) is 11.4 Å². The van der Waals surface area contributed by atoms with Crippen molar-refractivity contribution in [2.24, 2.45) is 7.05 Å². The number of hydrogen-bond donors (Lipinski definition) is 1. The van der Waals surface area contributed by atoms with Crippen molar-refractivity contribution in [2.45, 2.75) is 25.3 Å². The summed E-state index contributed by atoms with van der Waals surface area (Å²) in [6.07, 6.45) is 0. The highest BCUT2D eigenvalue weighted by atomic mass is 32.2. The predicted molar refractivity (Wildman–Crippen MR) is 96.5 cm³/mol. The van der Waals surface area contributed by atoms with Crippen molar-refractivity contribution in [1.29, 1.82) is 0 Å². The molecule has 0 saturated heterocycles. The van der Waals surface area contributed by atoms with Crippen LogP contribution in [0.25, 0.3) is 10.4 Å². The van der Waals surface area contributed by atoms with Gasteiger partial charge in [0.2, 0.25) is 10.0 Å². The Labute approximate surface area is 146 Å². The fourth-order valence-corrected chi connectivity index (χ4v) is 4.81. The van der Waals surface area contributed by atoms with Crippen LogP contribution in [-0.4, -0.2) is 18.2 Å². The first-order chi connectivity index (χ1) is 11.4. The maximum Gasteiger partial charge on any atom is 0.244 e. The largest absolute Gasteiger partial charge is 0.271 e. The van der Waals surface area contributed by atoms with E-state index in [1.54, 1.807) is 36.9 Å². The minimum absolute atomic E-state index is 0.251. The molecule has 0 bridgehead atoms. The first kappa shape index (κ1) is 16.9. The quantitative estimate of drug-likeness (QED) is 0.759. The van der Waals surface area contributed by atoms with Gasteiger partial charge in [-0.15, -0.1) is 11.3 Å². The van der Waals surface area contributed by atoms with Crippen molar-refractivity contribution < 1.29 is 8.42 Å². The van der Waals surface area contributed by atoms with E-state index in [0.29, 0.717) is 11.4 Å². The van der Waals surface area contributed by atoms with Crippen molar-refractivity contribution in [3.05, 3.63) is 58.7 Å². The average molecular weight is 361 g/mol. The Morgan fingerprint density at radius 2 is 1.88 bits per heavy atom. The van der Waals surface area contributed by atoms with Gasteiger partial charge in [-0.05, 0) is 36.4 Å². The lowest BCUT2D eigenvalue weighted by Crippen LogP contribution is -2.24. The fraction of sp³-hybridized carbons (Fsp3) is 0.235. The summed E-state index contributed by atoms with van der Waals surface area (Å²) in [6, 6.07) is 12.0. The van der Waals surface area contributed by atoms with E-state index in [1.807, 2.05) is 35.7 Å². The minimum Gasteiger partial charge on any atom is -0.271 e. The Balaban J connectivity index is 1.75. The van der Waals surface area contributed by atoms with Crippen molar-refractivity contribution in [1.82, 2.24) is 14.5 Å². The summed E-state index contributed by atoms with van der Waals surface area (Å²) >= 11 is 1.68. The van der Waals surface area contributed by atoms with Gasteiger partial charge in [-0.25, -0.2) is 13.1 Å². The molecule has 0 atom stereocenters. The number of benzene rings is 1. The molecule has 2 heterocycles. The summed E-state index contributed by atoms with van der Waals surface area (Å²) in [5.74, 6) is 0. The fourth-order valence-electron chi connectivity index (χ4n) is 2.62. The number of aromatic nitrogens is 2. The van der Waals surface area contributed by atoms with Crippen LogP contribution in [0, 0.1) is 13.8 Å². The van der Waals surface area contributed by atoms with Gasteiger partial charge < -0.3 is 0 Å². The molecule has 3 rings (SSSR count). The van der Waals surface area contributed by atoms with Crippen molar-refractivity contribution >= 4 is 21.4 Å². The number of aryl methyl sites for hydroxylation is 2. The number of sulfonamides is 1. The zero-order chi connectivity index (χ0) is 17.3. The Morgan fingerprint density at radius 1 is 1.17 bits per heavy atom. The molecule has 0 saturated carbocycles. The van der Waals surface area contributed by atoms with Crippen LogP contribution in [0.1, 0.15) is 17.0 Å². The van der Waals surface area contributed by atoms with Gasteiger partial charge in [0, 0.05) is 18.5 Å². The zero-order valence-corrected chi connectivity index (χ0v) is 15.4. The topological polar surface area (TPSA) is 64.0 Å². The molecular weight excluding hydrogens is 342 g/mol. The maximum atomic E-state index is 12.6. The van der Waals surface area contributed by atoms with E-state index >= 15 is 0 Å². The van der Waals surface area contributed by atoms with E-state index in [1.165, 1.54) is 4.88 Å². The minimum atomic E-state index is -3.58. The summed E-state index contributed by atoms with van der Waals surface area (Å²) in [7, 11) is -1.84. The van der Waals surface area contributed by atoms with Crippen LogP contribution in [-0.2, 0) is 23.6 Å². The summed E-state index contributed by atoms with van der Waals surface area (Å²) < 4.78 is 29.3. The Bertz CT molecular complexity index is 941. The van der Waals surface area contributed by atoms with Gasteiger partial charge in [0.1, 0.15) is 4.90 Å². The van der Waals surface area contributed by atoms with Crippen molar-refractivity contribution in [2.75, 3.05) is 0 Å². The van der Waals surface area contributed by atoms with Crippen LogP contribution >= 0.6 is 11.3 Å². The average Bonchev–Trinajstić information content (AvgIpc) is 3.15. The molecule has 126 valence electrons. The molecular formula is C17H19N3O2S2. The predicted octanol–water partition coefficient (Wildman–Crippen LogP) is 3.24. The lowest BCUT2D eigenvalue weighted by Gasteiger charge is -2.08. The van der Waals surface area contributed by atoms with Gasteiger partial charge in [0.15, 0.2) is 0 Å². The molecule has 0 radical (unpaired) electrons. The molecule has 5 nitrogen and oxygen atoms in total. The van der Waals surface area contributed by atoms with Crippen molar-refractivity contribution in [3.8, 4) is 10.4 Å². The van der Waals surface area contributed by atoms with Crippen LogP contribution < -0.4 is 4.72 Å². The molecule has 0 spiro atoms. The molecule has 0 amide bonds. The van der Waals surface area contributed by atoms with Crippen LogP contribution in [0.3, 0.4) is 0 Å². The Morgan fingerprint density at radius 3 is 2.42 bits per heavy atom. The normalized spacial score (nSPS) is 11.8. The standard InChI is InChI=1S/C17H19N3O2S2/c1-12-17(13(2)20(3)19-12)24(21,22)18-11-14-6-8-15(9-7-14)16-5-4-10-23-16/h4-10,18H,11H2,1-3H3. The number of nitrogens with one attached hydrogen (secondary N) is 1. The SMILES string of the molecule is Cc1nn(C)c(C)c1S(=O)(=O)NCc1ccc(-c2cccs2)cc1. The summed E-state index contributed by atoms with van der Waals surface area (Å²) in [5.41, 5.74) is 3.19. The molecule has 0 aliphatic rings. The van der Waals surface area contributed by atoms with Gasteiger partial charge in [0.25, 0.3) is 0 Å². The van der Waals surface area contributed by atoms with E-state index in [0.717, 1.165) is 11.1 Å². The summed E-state index contributed by atoms with van der Waals surface area (Å²) in [6.45, 7) is 3.71. The summed E-state index contributed by atoms with van der Waals surface area (Å²) in [5, 5.41) is 6.21. The van der Waals surface area contributed by atoms with E-state index in [9.17, 15) is 8.42 Å². The molecule has 7 heteroatoms. The van der Waals surface area contributed by atoms with E-state index in [2.05, 4.69) is 15.9 Å². The highest BCUT2D eigenvalue weighted by molar-refractivity contribution is 7.89. The van der Waals surface area contributed by atoms with Gasteiger partial charge in [0.05, 0.1) is 11.4 Å². The van der Waals surface area contributed by atoms with Gasteiger partial charge >= 0.3 is 0 Å². The lowest BCUT2D eigenvalue weighted by atomic mass is 10.1. The molecule has 0 unspecified atom stereocenters. The second kappa shape index (κ2) is 6.51. The number of hydrogen-bond acceptors (Lipinski definition) is 4. The van der Waals surface area contributed by atoms with Crippen LogP contribution in [0.5, 0.6) is 0 Å². The second-order valence-corrected chi connectivity index (χ2v) is 8.27. The Kier molecular flexibility index (Phi) is 4.58. The molecule has 0 aliphatic carbocycles. The van der Waals surface area contributed by atoms with Gasteiger partial charge in [-0.3, -0.25) is 4.68 Å². The van der Waals surface area contributed by atoms with Gasteiger partial charge in [-0.1, -0.05) is 30.3 Å². The molecule has 0 fully saturated rings. The monoisotopic (exact) mass is 361 g/mol.